The van der Waals surface area contributed by atoms with E-state index in [0.717, 1.165) is 18.9 Å². The summed E-state index contributed by atoms with van der Waals surface area (Å²) in [6.45, 7) is 4.10. The van der Waals surface area contributed by atoms with Gasteiger partial charge >= 0.3 is 0 Å². The van der Waals surface area contributed by atoms with E-state index in [0.29, 0.717) is 25.7 Å². The number of ether oxygens (including phenoxy) is 1. The maximum atomic E-state index is 9.74. The Kier molecular flexibility index (Phi) is 8.90. The Morgan fingerprint density at radius 3 is 2.74 bits per heavy atom. The Morgan fingerprint density at radius 1 is 1.37 bits per heavy atom. The summed E-state index contributed by atoms with van der Waals surface area (Å²) < 4.78 is 5.29. The first-order valence-corrected chi connectivity index (χ1v) is 7.68. The predicted molar refractivity (Wildman–Crippen MR) is 78.9 cm³/mol. The molecule has 0 saturated heterocycles. The van der Waals surface area contributed by atoms with Crippen LogP contribution in [-0.4, -0.2) is 37.0 Å². The minimum atomic E-state index is -0.378. The summed E-state index contributed by atoms with van der Waals surface area (Å²) in [7, 11) is 0. The van der Waals surface area contributed by atoms with E-state index < -0.39 is 0 Å². The Bertz CT molecular complexity index is 254. The molecule has 19 heavy (non-hydrogen) atoms. The minimum absolute atomic E-state index is 0.378. The molecule has 1 atom stereocenters. The second-order valence-corrected chi connectivity index (χ2v) is 5.55. The third-order valence-corrected chi connectivity index (χ3v) is 4.04. The molecule has 1 aliphatic carbocycles. The van der Waals surface area contributed by atoms with Gasteiger partial charge in [0.05, 0.1) is 19.3 Å². The Morgan fingerprint density at radius 2 is 2.11 bits per heavy atom. The fourth-order valence-corrected chi connectivity index (χ4v) is 2.66. The van der Waals surface area contributed by atoms with Gasteiger partial charge in [-0.25, -0.2) is 0 Å². The van der Waals surface area contributed by atoms with Gasteiger partial charge < -0.3 is 15.2 Å². The van der Waals surface area contributed by atoms with Gasteiger partial charge in [0, 0.05) is 12.5 Å². The van der Waals surface area contributed by atoms with E-state index in [1.165, 1.54) is 32.1 Å². The molecule has 0 aromatic heterocycles. The van der Waals surface area contributed by atoms with E-state index in [4.69, 9.17) is 11.2 Å². The van der Waals surface area contributed by atoms with Crippen molar-refractivity contribution in [2.24, 2.45) is 5.92 Å². The molecule has 0 bridgehead atoms. The van der Waals surface area contributed by atoms with Crippen LogP contribution in [0.2, 0.25) is 0 Å². The molecular weight excluding hydrogens is 238 g/mol. The molecular formula is C16H29NO2. The molecule has 0 amide bonds. The van der Waals surface area contributed by atoms with Gasteiger partial charge in [0.1, 0.15) is 0 Å². The zero-order valence-corrected chi connectivity index (χ0v) is 12.2. The van der Waals surface area contributed by atoms with Crippen LogP contribution in [0.5, 0.6) is 0 Å². The Hall–Kier alpha value is -0.560. The van der Waals surface area contributed by atoms with Crippen LogP contribution in [-0.2, 0) is 4.74 Å². The molecule has 1 rings (SSSR count). The summed E-state index contributed by atoms with van der Waals surface area (Å²) in [5.74, 6) is 3.46. The van der Waals surface area contributed by atoms with E-state index >= 15 is 0 Å². The smallest absolute Gasteiger partial charge is 0.0785 e. The fraction of sp³-hybridized carbons (Fsp3) is 0.875. The molecule has 1 aliphatic rings. The zero-order chi connectivity index (χ0) is 13.9. The molecule has 3 nitrogen and oxygen atoms in total. The van der Waals surface area contributed by atoms with Crippen molar-refractivity contribution in [2.45, 2.75) is 64.0 Å². The lowest BCUT2D eigenvalue weighted by molar-refractivity contribution is 0.0345. The highest BCUT2D eigenvalue weighted by atomic mass is 16.5. The number of hydrogen-bond donors (Lipinski definition) is 2. The number of hydrogen-bond acceptors (Lipinski definition) is 3. The number of terminal acetylenes is 1. The van der Waals surface area contributed by atoms with Gasteiger partial charge in [-0.15, -0.1) is 12.3 Å². The van der Waals surface area contributed by atoms with E-state index in [2.05, 4.69) is 18.2 Å². The van der Waals surface area contributed by atoms with Crippen LogP contribution >= 0.6 is 0 Å². The average Bonchev–Trinajstić information content (AvgIpc) is 2.44. The van der Waals surface area contributed by atoms with Crippen LogP contribution in [0.3, 0.4) is 0 Å². The van der Waals surface area contributed by atoms with Crippen molar-refractivity contribution in [1.29, 1.82) is 0 Å². The van der Waals surface area contributed by atoms with Crippen LogP contribution in [0.15, 0.2) is 0 Å². The number of aliphatic hydroxyl groups excluding tert-OH is 1. The highest BCUT2D eigenvalue weighted by Crippen LogP contribution is 2.26. The maximum absolute atomic E-state index is 9.74. The average molecular weight is 267 g/mol. The Balaban J connectivity index is 1.96. The van der Waals surface area contributed by atoms with E-state index in [1.54, 1.807) is 0 Å². The highest BCUT2D eigenvalue weighted by molar-refractivity contribution is 4.82. The summed E-state index contributed by atoms with van der Waals surface area (Å²) in [6, 6.07) is 0.650. The van der Waals surface area contributed by atoms with Crippen molar-refractivity contribution < 1.29 is 9.84 Å². The van der Waals surface area contributed by atoms with Crippen molar-refractivity contribution in [1.82, 2.24) is 5.32 Å². The topological polar surface area (TPSA) is 41.5 Å². The van der Waals surface area contributed by atoms with Gasteiger partial charge in [-0.1, -0.05) is 13.3 Å². The molecule has 0 spiro atoms. The lowest BCUT2D eigenvalue weighted by Crippen LogP contribution is -2.35. The van der Waals surface area contributed by atoms with Crippen molar-refractivity contribution in [3.63, 3.8) is 0 Å². The lowest BCUT2D eigenvalue weighted by Gasteiger charge is -2.28. The summed E-state index contributed by atoms with van der Waals surface area (Å²) in [5.41, 5.74) is 0. The van der Waals surface area contributed by atoms with E-state index in [-0.39, 0.29) is 6.10 Å². The molecule has 1 saturated carbocycles. The summed E-state index contributed by atoms with van der Waals surface area (Å²) in [6.07, 6.45) is 12.7. The number of rotatable bonds is 9. The molecule has 0 aromatic carbocycles. The van der Waals surface area contributed by atoms with Crippen LogP contribution < -0.4 is 5.32 Å². The highest BCUT2D eigenvalue weighted by Gasteiger charge is 2.19. The molecule has 1 fully saturated rings. The summed E-state index contributed by atoms with van der Waals surface area (Å²) in [5, 5.41) is 13.3. The second-order valence-electron chi connectivity index (χ2n) is 5.55. The van der Waals surface area contributed by atoms with Crippen molar-refractivity contribution in [3.05, 3.63) is 0 Å². The SMILES string of the molecule is C#CCCOCC(O)CCNC1CCC(CC)CC1. The largest absolute Gasteiger partial charge is 0.391 e. The monoisotopic (exact) mass is 267 g/mol. The Labute approximate surface area is 118 Å². The van der Waals surface area contributed by atoms with Crippen molar-refractivity contribution >= 4 is 0 Å². The fourth-order valence-electron chi connectivity index (χ4n) is 2.66. The van der Waals surface area contributed by atoms with Gasteiger partial charge in [-0.05, 0) is 44.6 Å². The van der Waals surface area contributed by atoms with Crippen LogP contribution in [0, 0.1) is 18.3 Å². The molecule has 0 radical (unpaired) electrons. The van der Waals surface area contributed by atoms with Crippen LogP contribution in [0.1, 0.15) is 51.9 Å². The van der Waals surface area contributed by atoms with Crippen molar-refractivity contribution in [3.8, 4) is 12.3 Å². The van der Waals surface area contributed by atoms with Crippen molar-refractivity contribution in [2.75, 3.05) is 19.8 Å². The lowest BCUT2D eigenvalue weighted by atomic mass is 9.84. The standard InChI is InChI=1S/C16H29NO2/c1-3-5-12-19-13-16(18)10-11-17-15-8-6-14(4-2)7-9-15/h1,14-18H,4-13H2,2H3. The van der Waals surface area contributed by atoms with Gasteiger partial charge in [-0.2, -0.15) is 0 Å². The third-order valence-electron chi connectivity index (χ3n) is 4.04. The molecule has 3 heteroatoms. The summed E-state index contributed by atoms with van der Waals surface area (Å²) in [4.78, 5) is 0. The summed E-state index contributed by atoms with van der Waals surface area (Å²) >= 11 is 0. The van der Waals surface area contributed by atoms with E-state index in [1.807, 2.05) is 0 Å². The van der Waals surface area contributed by atoms with E-state index in [9.17, 15) is 5.11 Å². The van der Waals surface area contributed by atoms with Gasteiger partial charge in [0.25, 0.3) is 0 Å². The van der Waals surface area contributed by atoms with Crippen LogP contribution in [0.4, 0.5) is 0 Å². The normalized spacial score (nSPS) is 24.9. The van der Waals surface area contributed by atoms with Crippen LogP contribution in [0.25, 0.3) is 0 Å². The zero-order valence-electron chi connectivity index (χ0n) is 12.2. The van der Waals surface area contributed by atoms with Gasteiger partial charge in [-0.3, -0.25) is 0 Å². The first-order chi connectivity index (χ1) is 9.26. The molecule has 0 aromatic rings. The molecule has 1 unspecified atom stereocenters. The second kappa shape index (κ2) is 10.3. The first kappa shape index (κ1) is 16.5. The first-order valence-electron chi connectivity index (χ1n) is 7.68. The third kappa shape index (κ3) is 7.57. The number of aliphatic hydroxyl groups is 1. The molecule has 0 aliphatic heterocycles. The molecule has 0 heterocycles. The quantitative estimate of drug-likeness (QED) is 0.498. The molecule has 110 valence electrons. The van der Waals surface area contributed by atoms with Gasteiger partial charge in [0.15, 0.2) is 0 Å². The maximum Gasteiger partial charge on any atom is 0.0785 e. The number of nitrogens with one attached hydrogen (secondary N) is 1. The predicted octanol–water partition coefficient (Wildman–Crippen LogP) is 2.34. The molecule has 2 N–H and O–H groups in total. The minimum Gasteiger partial charge on any atom is -0.391 e. The van der Waals surface area contributed by atoms with Gasteiger partial charge in [0.2, 0.25) is 0 Å².